The van der Waals surface area contributed by atoms with Crippen molar-refractivity contribution in [2.45, 2.75) is 19.8 Å². The van der Waals surface area contributed by atoms with Gasteiger partial charge in [0.2, 0.25) is 5.43 Å². The first-order valence-electron chi connectivity index (χ1n) is 4.94. The van der Waals surface area contributed by atoms with Crippen molar-refractivity contribution < 1.29 is 14.3 Å². The molecule has 0 saturated carbocycles. The molecule has 0 aliphatic carbocycles. The van der Waals surface area contributed by atoms with Crippen molar-refractivity contribution in [1.29, 1.82) is 0 Å². The van der Waals surface area contributed by atoms with E-state index in [2.05, 4.69) is 4.74 Å². The lowest BCUT2D eigenvalue weighted by atomic mass is 10.1. The Labute approximate surface area is 93.8 Å². The summed E-state index contributed by atoms with van der Waals surface area (Å²) < 4.78 is 9.11. The van der Waals surface area contributed by atoms with E-state index in [0.717, 1.165) is 5.56 Å². The molecule has 4 nitrogen and oxygen atoms in total. The van der Waals surface area contributed by atoms with Crippen LogP contribution in [0.4, 0.5) is 4.79 Å². The molecule has 0 unspecified atom stereocenters. The predicted molar refractivity (Wildman–Crippen MR) is 59.8 cm³/mol. The Kier molecular flexibility index (Phi) is 4.05. The highest BCUT2D eigenvalue weighted by Crippen LogP contribution is 2.16. The van der Waals surface area contributed by atoms with Gasteiger partial charge in [-0.2, -0.15) is 0 Å². The van der Waals surface area contributed by atoms with E-state index in [-0.39, 0.29) is 17.1 Å². The van der Waals surface area contributed by atoms with Crippen molar-refractivity contribution in [3.05, 3.63) is 40.1 Å². The summed E-state index contributed by atoms with van der Waals surface area (Å²) in [6, 6.07) is 6.37. The first-order chi connectivity index (χ1) is 7.54. The third-order valence-corrected chi connectivity index (χ3v) is 2.10. The van der Waals surface area contributed by atoms with Crippen LogP contribution in [0.3, 0.4) is 0 Å². The van der Waals surface area contributed by atoms with Crippen LogP contribution in [0.2, 0.25) is 0 Å². The van der Waals surface area contributed by atoms with Gasteiger partial charge in [-0.1, -0.05) is 26.0 Å². The van der Waals surface area contributed by atoms with Crippen LogP contribution in [0, 0.1) is 0 Å². The van der Waals surface area contributed by atoms with E-state index in [1.54, 1.807) is 12.1 Å². The van der Waals surface area contributed by atoms with Gasteiger partial charge in [0, 0.05) is 0 Å². The Morgan fingerprint density at radius 2 is 2.00 bits per heavy atom. The van der Waals surface area contributed by atoms with Crippen LogP contribution in [-0.4, -0.2) is 13.3 Å². The molecular weight excluding hydrogens is 208 g/mol. The van der Waals surface area contributed by atoms with Gasteiger partial charge in [-0.3, -0.25) is 4.79 Å². The number of methoxy groups -OCH3 is 1. The highest BCUT2D eigenvalue weighted by molar-refractivity contribution is 5.63. The number of hydrogen-bond acceptors (Lipinski definition) is 4. The SMILES string of the molecule is COC(=O)Oc1cc(C(C)C)cccc1=O. The molecule has 0 aliphatic heterocycles. The highest BCUT2D eigenvalue weighted by atomic mass is 16.7. The van der Waals surface area contributed by atoms with Crippen LogP contribution in [0.15, 0.2) is 29.1 Å². The average molecular weight is 222 g/mol. The van der Waals surface area contributed by atoms with Crippen LogP contribution in [0.25, 0.3) is 0 Å². The summed E-state index contributed by atoms with van der Waals surface area (Å²) in [6.45, 7) is 3.98. The van der Waals surface area contributed by atoms with Gasteiger partial charge in [0.25, 0.3) is 0 Å². The summed E-state index contributed by atoms with van der Waals surface area (Å²) in [5.74, 6) is 0.229. The zero-order valence-corrected chi connectivity index (χ0v) is 9.52. The fourth-order valence-electron chi connectivity index (χ4n) is 1.17. The minimum Gasteiger partial charge on any atom is -0.437 e. The van der Waals surface area contributed by atoms with Crippen molar-refractivity contribution in [2.75, 3.05) is 7.11 Å². The van der Waals surface area contributed by atoms with E-state index >= 15 is 0 Å². The van der Waals surface area contributed by atoms with Gasteiger partial charge in [-0.05, 0) is 23.6 Å². The quantitative estimate of drug-likeness (QED) is 0.720. The molecule has 16 heavy (non-hydrogen) atoms. The summed E-state index contributed by atoms with van der Waals surface area (Å²) in [7, 11) is 1.19. The fraction of sp³-hybridized carbons (Fsp3) is 0.333. The fourth-order valence-corrected chi connectivity index (χ4v) is 1.17. The van der Waals surface area contributed by atoms with E-state index in [0.29, 0.717) is 0 Å². The van der Waals surface area contributed by atoms with Crippen molar-refractivity contribution in [3.63, 3.8) is 0 Å². The molecule has 0 saturated heterocycles. The zero-order chi connectivity index (χ0) is 12.1. The molecule has 0 fully saturated rings. The lowest BCUT2D eigenvalue weighted by molar-refractivity contribution is 0.121. The third kappa shape index (κ3) is 3.08. The second-order valence-electron chi connectivity index (χ2n) is 3.61. The van der Waals surface area contributed by atoms with Gasteiger partial charge >= 0.3 is 6.16 Å². The maximum atomic E-state index is 11.5. The molecule has 0 aliphatic rings. The minimum absolute atomic E-state index is 0.0134. The largest absolute Gasteiger partial charge is 0.513 e. The molecule has 0 heterocycles. The maximum absolute atomic E-state index is 11.5. The van der Waals surface area contributed by atoms with Gasteiger partial charge in [0.05, 0.1) is 7.11 Å². The van der Waals surface area contributed by atoms with Crippen molar-refractivity contribution in [2.24, 2.45) is 0 Å². The molecule has 1 rings (SSSR count). The second kappa shape index (κ2) is 5.30. The molecule has 0 atom stereocenters. The Bertz CT molecular complexity index is 437. The van der Waals surface area contributed by atoms with E-state index in [4.69, 9.17) is 4.74 Å². The van der Waals surface area contributed by atoms with Crippen LogP contribution >= 0.6 is 0 Å². The summed E-state index contributed by atoms with van der Waals surface area (Å²) in [5, 5.41) is 0. The van der Waals surface area contributed by atoms with E-state index < -0.39 is 6.16 Å². The highest BCUT2D eigenvalue weighted by Gasteiger charge is 2.08. The normalized spacial score (nSPS) is 10.0. The zero-order valence-electron chi connectivity index (χ0n) is 9.52. The van der Waals surface area contributed by atoms with Gasteiger partial charge in [0.15, 0.2) is 5.75 Å². The Morgan fingerprint density at radius 1 is 1.31 bits per heavy atom. The number of rotatable bonds is 2. The predicted octanol–water partition coefficient (Wildman–Crippen LogP) is 2.32. The molecule has 1 aromatic carbocycles. The molecule has 0 amide bonds. The lowest BCUT2D eigenvalue weighted by Gasteiger charge is -2.03. The topological polar surface area (TPSA) is 52.6 Å². The summed E-state index contributed by atoms with van der Waals surface area (Å²) >= 11 is 0. The van der Waals surface area contributed by atoms with E-state index in [9.17, 15) is 9.59 Å². The maximum Gasteiger partial charge on any atom is 0.513 e. The second-order valence-corrected chi connectivity index (χ2v) is 3.61. The van der Waals surface area contributed by atoms with Gasteiger partial charge in [-0.15, -0.1) is 0 Å². The summed E-state index contributed by atoms with van der Waals surface area (Å²) in [6.07, 6.45) is -0.891. The standard InChI is InChI=1S/C12H14O4/c1-8(2)9-5-4-6-10(13)11(7-9)16-12(14)15-3/h4-8H,1-3H3. The third-order valence-electron chi connectivity index (χ3n) is 2.10. The van der Waals surface area contributed by atoms with Crippen LogP contribution in [0.1, 0.15) is 25.3 Å². The van der Waals surface area contributed by atoms with E-state index in [1.165, 1.54) is 13.2 Å². The summed E-state index contributed by atoms with van der Waals surface area (Å²) in [5.41, 5.74) is 0.568. The van der Waals surface area contributed by atoms with Gasteiger partial charge in [0.1, 0.15) is 0 Å². The molecule has 1 aromatic rings. The molecule has 0 aromatic heterocycles. The minimum atomic E-state index is -0.891. The van der Waals surface area contributed by atoms with Crippen LogP contribution < -0.4 is 10.2 Å². The number of ether oxygens (including phenoxy) is 2. The Hall–Kier alpha value is -1.84. The smallest absolute Gasteiger partial charge is 0.437 e. The van der Waals surface area contributed by atoms with Crippen LogP contribution in [-0.2, 0) is 4.74 Å². The molecule has 0 spiro atoms. The number of hydrogen-bond donors (Lipinski definition) is 0. The molecule has 0 radical (unpaired) electrons. The molecular formula is C12H14O4. The van der Waals surface area contributed by atoms with E-state index in [1.807, 2.05) is 19.9 Å². The van der Waals surface area contributed by atoms with Gasteiger partial charge in [-0.25, -0.2) is 4.79 Å². The molecule has 0 N–H and O–H groups in total. The molecule has 0 bridgehead atoms. The Morgan fingerprint density at radius 3 is 2.56 bits per heavy atom. The number of carbonyl (C=O) groups excluding carboxylic acids is 1. The number of carbonyl (C=O) groups is 1. The molecule has 86 valence electrons. The van der Waals surface area contributed by atoms with Crippen molar-refractivity contribution in [1.82, 2.24) is 0 Å². The first-order valence-corrected chi connectivity index (χ1v) is 4.94. The van der Waals surface area contributed by atoms with Gasteiger partial charge < -0.3 is 9.47 Å². The lowest BCUT2D eigenvalue weighted by Crippen LogP contribution is -2.12. The summed E-state index contributed by atoms with van der Waals surface area (Å²) in [4.78, 5) is 22.4. The van der Waals surface area contributed by atoms with Crippen LogP contribution in [0.5, 0.6) is 5.75 Å². The molecule has 4 heteroatoms. The van der Waals surface area contributed by atoms with Crippen molar-refractivity contribution >= 4 is 6.16 Å². The van der Waals surface area contributed by atoms with Crippen molar-refractivity contribution in [3.8, 4) is 5.75 Å². The Balaban J connectivity index is 3.17. The monoisotopic (exact) mass is 222 g/mol. The average Bonchev–Trinajstić information content (AvgIpc) is 2.41. The first kappa shape index (κ1) is 12.2.